The molecule has 1 aromatic rings. The van der Waals surface area contributed by atoms with Gasteiger partial charge in [-0.2, -0.15) is 0 Å². The fourth-order valence-electron chi connectivity index (χ4n) is 5.66. The number of benzene rings is 1. The van der Waals surface area contributed by atoms with Gasteiger partial charge in [-0.1, -0.05) is 25.7 Å². The van der Waals surface area contributed by atoms with Crippen molar-refractivity contribution in [1.82, 2.24) is 5.32 Å². The maximum Gasteiger partial charge on any atom is 0.227 e. The first-order chi connectivity index (χ1) is 14.2. The minimum absolute atomic E-state index is 0.00202. The van der Waals surface area contributed by atoms with E-state index in [2.05, 4.69) is 5.32 Å². The van der Waals surface area contributed by atoms with Gasteiger partial charge in [0.2, 0.25) is 11.8 Å². The largest absolute Gasteiger partial charge is 0.486 e. The van der Waals surface area contributed by atoms with Crippen molar-refractivity contribution in [2.24, 2.45) is 17.8 Å². The molecule has 1 N–H and O–H groups in total. The first kappa shape index (κ1) is 18.8. The van der Waals surface area contributed by atoms with Gasteiger partial charge in [0.1, 0.15) is 13.2 Å². The zero-order valence-corrected chi connectivity index (χ0v) is 16.9. The van der Waals surface area contributed by atoms with Crippen LogP contribution in [0.5, 0.6) is 11.5 Å². The second-order valence-corrected chi connectivity index (χ2v) is 9.06. The average Bonchev–Trinajstić information content (AvgIpc) is 3.15. The second-order valence-electron chi connectivity index (χ2n) is 9.06. The third-order valence-electron chi connectivity index (χ3n) is 7.22. The molecule has 156 valence electrons. The quantitative estimate of drug-likeness (QED) is 0.848. The number of nitrogens with zero attached hydrogens (tertiary/aromatic N) is 1. The third kappa shape index (κ3) is 3.81. The van der Waals surface area contributed by atoms with Crippen LogP contribution in [0.25, 0.3) is 0 Å². The van der Waals surface area contributed by atoms with E-state index in [4.69, 9.17) is 9.47 Å². The van der Waals surface area contributed by atoms with Crippen LogP contribution in [0.1, 0.15) is 51.4 Å². The number of carbonyl (C=O) groups excluding carboxylic acids is 2. The third-order valence-corrected chi connectivity index (χ3v) is 7.22. The number of hydrogen-bond donors (Lipinski definition) is 1. The molecule has 4 atom stereocenters. The maximum atomic E-state index is 12.9. The van der Waals surface area contributed by atoms with Gasteiger partial charge in [-0.15, -0.1) is 0 Å². The topological polar surface area (TPSA) is 67.9 Å². The average molecular weight is 399 g/mol. The van der Waals surface area contributed by atoms with Gasteiger partial charge < -0.3 is 19.7 Å². The molecule has 29 heavy (non-hydrogen) atoms. The molecule has 0 unspecified atom stereocenters. The molecule has 2 heterocycles. The van der Waals surface area contributed by atoms with Crippen LogP contribution >= 0.6 is 0 Å². The lowest BCUT2D eigenvalue weighted by molar-refractivity contribution is -0.127. The summed E-state index contributed by atoms with van der Waals surface area (Å²) in [4.78, 5) is 27.2. The molecule has 6 nitrogen and oxygen atoms in total. The van der Waals surface area contributed by atoms with Crippen molar-refractivity contribution in [2.75, 3.05) is 24.7 Å². The van der Waals surface area contributed by atoms with Crippen LogP contribution in [-0.2, 0) is 9.59 Å². The molecular weight excluding hydrogens is 368 g/mol. The highest BCUT2D eigenvalue weighted by Crippen LogP contribution is 2.41. The van der Waals surface area contributed by atoms with Gasteiger partial charge in [0.05, 0.1) is 5.92 Å². The van der Waals surface area contributed by atoms with Crippen molar-refractivity contribution in [1.29, 1.82) is 0 Å². The first-order valence-electron chi connectivity index (χ1n) is 11.2. The van der Waals surface area contributed by atoms with Gasteiger partial charge in [0, 0.05) is 30.8 Å². The molecule has 2 amide bonds. The Morgan fingerprint density at radius 3 is 2.66 bits per heavy atom. The Morgan fingerprint density at radius 1 is 1.00 bits per heavy atom. The standard InChI is InChI=1S/C23H30N2O4/c26-22-12-17(14-25(22)19-7-8-20-21(13-19)29-10-9-28-20)23(27)24-18-6-5-15-3-1-2-4-16(15)11-18/h7-8,13,15-18H,1-6,9-12,14H2,(H,24,27)/t15-,16-,17-,18+/m0/s1. The van der Waals surface area contributed by atoms with Gasteiger partial charge in [-0.05, 0) is 43.2 Å². The lowest BCUT2D eigenvalue weighted by Gasteiger charge is -2.39. The highest BCUT2D eigenvalue weighted by atomic mass is 16.6. The molecule has 0 bridgehead atoms. The fourth-order valence-corrected chi connectivity index (χ4v) is 5.66. The smallest absolute Gasteiger partial charge is 0.227 e. The Balaban J connectivity index is 1.20. The van der Waals surface area contributed by atoms with Crippen molar-refractivity contribution in [3.63, 3.8) is 0 Å². The Kier molecular flexibility index (Phi) is 5.10. The van der Waals surface area contributed by atoms with E-state index in [9.17, 15) is 9.59 Å². The molecule has 5 rings (SSSR count). The summed E-state index contributed by atoms with van der Waals surface area (Å²) in [7, 11) is 0. The Bertz CT molecular complexity index is 795. The van der Waals surface area contributed by atoms with Crippen LogP contribution in [0, 0.1) is 17.8 Å². The number of anilines is 1. The molecule has 4 aliphatic rings. The van der Waals surface area contributed by atoms with Crippen LogP contribution in [-0.4, -0.2) is 37.6 Å². The van der Waals surface area contributed by atoms with Crippen LogP contribution in [0.3, 0.4) is 0 Å². The van der Waals surface area contributed by atoms with Crippen LogP contribution in [0.15, 0.2) is 18.2 Å². The molecule has 0 spiro atoms. The SMILES string of the molecule is O=C(N[C@@H]1CC[C@@H]2CCCC[C@H]2C1)[C@H]1CC(=O)N(c2ccc3c(c2)OCCO3)C1. The number of ether oxygens (including phenoxy) is 2. The van der Waals surface area contributed by atoms with Crippen molar-refractivity contribution in [2.45, 2.75) is 57.4 Å². The van der Waals surface area contributed by atoms with E-state index in [-0.39, 0.29) is 30.2 Å². The van der Waals surface area contributed by atoms with Crippen molar-refractivity contribution >= 4 is 17.5 Å². The summed E-state index contributed by atoms with van der Waals surface area (Å²) in [5, 5.41) is 3.27. The summed E-state index contributed by atoms with van der Waals surface area (Å²) >= 11 is 0. The minimum atomic E-state index is -0.278. The van der Waals surface area contributed by atoms with Gasteiger partial charge in [-0.25, -0.2) is 0 Å². The van der Waals surface area contributed by atoms with Crippen molar-refractivity contribution in [3.05, 3.63) is 18.2 Å². The normalized spacial score (nSPS) is 31.3. The summed E-state index contributed by atoms with van der Waals surface area (Å²) in [6.07, 6.45) is 9.11. The molecule has 2 saturated carbocycles. The summed E-state index contributed by atoms with van der Waals surface area (Å²) in [6.45, 7) is 1.49. The highest BCUT2D eigenvalue weighted by Gasteiger charge is 2.38. The van der Waals surface area contributed by atoms with E-state index in [0.717, 1.165) is 30.4 Å². The molecule has 3 fully saturated rings. The molecule has 0 aromatic heterocycles. The number of fused-ring (bicyclic) bond motifs is 2. The predicted molar refractivity (Wildman–Crippen MR) is 109 cm³/mol. The summed E-state index contributed by atoms with van der Waals surface area (Å²) < 4.78 is 11.2. The fraction of sp³-hybridized carbons (Fsp3) is 0.652. The number of carbonyl (C=O) groups is 2. The molecule has 2 aliphatic carbocycles. The second kappa shape index (κ2) is 7.88. The van der Waals surface area contributed by atoms with E-state index >= 15 is 0 Å². The van der Waals surface area contributed by atoms with E-state index in [1.165, 1.54) is 32.1 Å². The molecule has 0 radical (unpaired) electrons. The molecule has 2 aliphatic heterocycles. The summed E-state index contributed by atoms with van der Waals surface area (Å²) in [5.41, 5.74) is 0.775. The van der Waals surface area contributed by atoms with Crippen molar-refractivity contribution in [3.8, 4) is 11.5 Å². The van der Waals surface area contributed by atoms with Crippen LogP contribution in [0.4, 0.5) is 5.69 Å². The van der Waals surface area contributed by atoms with E-state index in [1.807, 2.05) is 18.2 Å². The molecular formula is C23H30N2O4. The molecule has 1 aromatic carbocycles. The van der Waals surface area contributed by atoms with Crippen LogP contribution < -0.4 is 19.7 Å². The lowest BCUT2D eigenvalue weighted by atomic mass is 9.69. The van der Waals surface area contributed by atoms with Gasteiger partial charge in [0.25, 0.3) is 0 Å². The van der Waals surface area contributed by atoms with Gasteiger partial charge >= 0.3 is 0 Å². The number of rotatable bonds is 3. The van der Waals surface area contributed by atoms with E-state index in [0.29, 0.717) is 31.3 Å². The monoisotopic (exact) mass is 398 g/mol. The Morgan fingerprint density at radius 2 is 1.79 bits per heavy atom. The Hall–Kier alpha value is -2.24. The highest BCUT2D eigenvalue weighted by molar-refractivity contribution is 6.00. The number of nitrogens with one attached hydrogen (secondary N) is 1. The minimum Gasteiger partial charge on any atom is -0.486 e. The van der Waals surface area contributed by atoms with Gasteiger partial charge in [0.15, 0.2) is 11.5 Å². The zero-order chi connectivity index (χ0) is 19.8. The maximum absolute atomic E-state index is 12.9. The van der Waals surface area contributed by atoms with Crippen LogP contribution in [0.2, 0.25) is 0 Å². The summed E-state index contributed by atoms with van der Waals surface area (Å²) in [6, 6.07) is 5.83. The van der Waals surface area contributed by atoms with E-state index in [1.54, 1.807) is 4.90 Å². The van der Waals surface area contributed by atoms with Crippen molar-refractivity contribution < 1.29 is 19.1 Å². The zero-order valence-electron chi connectivity index (χ0n) is 16.9. The first-order valence-corrected chi connectivity index (χ1v) is 11.2. The van der Waals surface area contributed by atoms with Gasteiger partial charge in [-0.3, -0.25) is 9.59 Å². The van der Waals surface area contributed by atoms with E-state index < -0.39 is 0 Å². The molecule has 6 heteroatoms. The predicted octanol–water partition coefficient (Wildman–Crippen LogP) is 3.29. The summed E-state index contributed by atoms with van der Waals surface area (Å²) in [5.74, 6) is 2.78. The molecule has 1 saturated heterocycles. The lowest BCUT2D eigenvalue weighted by Crippen LogP contribution is -2.44. The number of hydrogen-bond acceptors (Lipinski definition) is 4. The number of amides is 2. The Labute approximate surface area is 171 Å².